The van der Waals surface area contributed by atoms with Gasteiger partial charge in [0.1, 0.15) is 0 Å². The minimum absolute atomic E-state index is 0.0509. The summed E-state index contributed by atoms with van der Waals surface area (Å²) in [6.07, 6.45) is 1.35. The van der Waals surface area contributed by atoms with E-state index < -0.39 is 0 Å². The summed E-state index contributed by atoms with van der Waals surface area (Å²) >= 11 is 0. The van der Waals surface area contributed by atoms with Crippen molar-refractivity contribution in [2.45, 2.75) is 39.7 Å². The monoisotopic (exact) mass is 248 g/mol. The predicted octanol–water partition coefficient (Wildman–Crippen LogP) is 2.03. The van der Waals surface area contributed by atoms with E-state index in [-0.39, 0.29) is 11.9 Å². The Kier molecular flexibility index (Phi) is 5.86. The van der Waals surface area contributed by atoms with Crippen molar-refractivity contribution >= 4 is 5.91 Å². The number of carbonyl (C=O) groups is 1. The quantitative estimate of drug-likeness (QED) is 0.809. The molecule has 18 heavy (non-hydrogen) atoms. The summed E-state index contributed by atoms with van der Waals surface area (Å²) in [5.74, 6) is 0.591. The van der Waals surface area contributed by atoms with E-state index in [4.69, 9.17) is 5.73 Å². The van der Waals surface area contributed by atoms with Gasteiger partial charge in [0.05, 0.1) is 6.42 Å². The van der Waals surface area contributed by atoms with Gasteiger partial charge in [0.15, 0.2) is 0 Å². The first-order chi connectivity index (χ1) is 8.51. The third-order valence-electron chi connectivity index (χ3n) is 2.89. The fourth-order valence-electron chi connectivity index (χ4n) is 1.95. The van der Waals surface area contributed by atoms with E-state index >= 15 is 0 Å². The maximum Gasteiger partial charge on any atom is 0.224 e. The maximum absolute atomic E-state index is 11.9. The van der Waals surface area contributed by atoms with Crippen LogP contribution in [0.4, 0.5) is 0 Å². The summed E-state index contributed by atoms with van der Waals surface area (Å²) < 4.78 is 0. The van der Waals surface area contributed by atoms with E-state index in [1.165, 1.54) is 5.56 Å². The van der Waals surface area contributed by atoms with Crippen LogP contribution in [0.15, 0.2) is 24.3 Å². The van der Waals surface area contributed by atoms with E-state index in [1.54, 1.807) is 0 Å². The first kappa shape index (κ1) is 14.7. The molecule has 0 aromatic heterocycles. The molecule has 100 valence electrons. The van der Waals surface area contributed by atoms with Gasteiger partial charge in [0.2, 0.25) is 5.91 Å². The van der Waals surface area contributed by atoms with E-state index in [1.807, 2.05) is 31.2 Å². The molecule has 1 aromatic carbocycles. The summed E-state index contributed by atoms with van der Waals surface area (Å²) in [5, 5.41) is 3.00. The van der Waals surface area contributed by atoms with Crippen molar-refractivity contribution in [2.24, 2.45) is 11.7 Å². The van der Waals surface area contributed by atoms with Gasteiger partial charge in [-0.15, -0.1) is 0 Å². The molecule has 0 radical (unpaired) electrons. The number of hydrogen-bond donors (Lipinski definition) is 2. The Morgan fingerprint density at radius 3 is 2.39 bits per heavy atom. The summed E-state index contributed by atoms with van der Waals surface area (Å²) in [6, 6.07) is 8.13. The average Bonchev–Trinajstić information content (AvgIpc) is 2.30. The van der Waals surface area contributed by atoms with Crippen molar-refractivity contribution in [2.75, 3.05) is 6.54 Å². The lowest BCUT2D eigenvalue weighted by atomic mass is 10.0. The summed E-state index contributed by atoms with van der Waals surface area (Å²) in [6.45, 7) is 6.80. The molecular weight excluding hydrogens is 224 g/mol. The largest absolute Gasteiger partial charge is 0.352 e. The SMILES string of the molecule is Cc1ccc(CC(=O)NC(CN)CC(C)C)cc1. The van der Waals surface area contributed by atoms with Gasteiger partial charge >= 0.3 is 0 Å². The van der Waals surface area contributed by atoms with Gasteiger partial charge < -0.3 is 11.1 Å². The second-order valence-electron chi connectivity index (χ2n) is 5.29. The Morgan fingerprint density at radius 1 is 1.28 bits per heavy atom. The van der Waals surface area contributed by atoms with E-state index in [9.17, 15) is 4.79 Å². The van der Waals surface area contributed by atoms with Gasteiger partial charge in [-0.25, -0.2) is 0 Å². The van der Waals surface area contributed by atoms with Crippen LogP contribution in [0.3, 0.4) is 0 Å². The molecule has 0 saturated carbocycles. The van der Waals surface area contributed by atoms with Crippen LogP contribution >= 0.6 is 0 Å². The molecule has 0 spiro atoms. The lowest BCUT2D eigenvalue weighted by Gasteiger charge is -2.18. The van der Waals surface area contributed by atoms with Gasteiger partial charge in [-0.3, -0.25) is 4.79 Å². The van der Waals surface area contributed by atoms with E-state index in [0.29, 0.717) is 18.9 Å². The summed E-state index contributed by atoms with van der Waals surface area (Å²) in [5.41, 5.74) is 7.92. The van der Waals surface area contributed by atoms with E-state index in [0.717, 1.165) is 12.0 Å². The number of amides is 1. The van der Waals surface area contributed by atoms with Crippen LogP contribution in [-0.4, -0.2) is 18.5 Å². The smallest absolute Gasteiger partial charge is 0.224 e. The highest BCUT2D eigenvalue weighted by Crippen LogP contribution is 2.06. The Labute approximate surface area is 110 Å². The zero-order valence-corrected chi connectivity index (χ0v) is 11.6. The molecule has 0 fully saturated rings. The number of benzene rings is 1. The Balaban J connectivity index is 2.47. The van der Waals surface area contributed by atoms with Crippen molar-refractivity contribution in [3.05, 3.63) is 35.4 Å². The molecule has 0 aliphatic carbocycles. The van der Waals surface area contributed by atoms with Crippen molar-refractivity contribution in [3.8, 4) is 0 Å². The molecule has 0 aliphatic heterocycles. The second kappa shape index (κ2) is 7.17. The lowest BCUT2D eigenvalue weighted by molar-refractivity contribution is -0.121. The van der Waals surface area contributed by atoms with Gasteiger partial charge in [0, 0.05) is 12.6 Å². The van der Waals surface area contributed by atoms with Gasteiger partial charge in [0.25, 0.3) is 0 Å². The lowest BCUT2D eigenvalue weighted by Crippen LogP contribution is -2.41. The van der Waals surface area contributed by atoms with Crippen LogP contribution < -0.4 is 11.1 Å². The van der Waals surface area contributed by atoms with Crippen molar-refractivity contribution < 1.29 is 4.79 Å². The number of nitrogens with two attached hydrogens (primary N) is 1. The molecule has 1 unspecified atom stereocenters. The molecule has 3 N–H and O–H groups in total. The van der Waals surface area contributed by atoms with Crippen molar-refractivity contribution in [1.29, 1.82) is 0 Å². The minimum Gasteiger partial charge on any atom is -0.352 e. The molecule has 0 bridgehead atoms. The number of nitrogens with one attached hydrogen (secondary N) is 1. The zero-order chi connectivity index (χ0) is 13.5. The normalized spacial score (nSPS) is 12.5. The highest BCUT2D eigenvalue weighted by molar-refractivity contribution is 5.78. The first-order valence-electron chi connectivity index (χ1n) is 6.56. The topological polar surface area (TPSA) is 55.1 Å². The third kappa shape index (κ3) is 5.32. The molecule has 3 heteroatoms. The Morgan fingerprint density at radius 2 is 1.89 bits per heavy atom. The second-order valence-corrected chi connectivity index (χ2v) is 5.29. The highest BCUT2D eigenvalue weighted by Gasteiger charge is 2.12. The molecule has 1 aromatic rings. The fourth-order valence-corrected chi connectivity index (χ4v) is 1.95. The molecule has 0 heterocycles. The van der Waals surface area contributed by atoms with Crippen LogP contribution in [0.1, 0.15) is 31.4 Å². The fraction of sp³-hybridized carbons (Fsp3) is 0.533. The summed E-state index contributed by atoms with van der Waals surface area (Å²) in [4.78, 5) is 11.9. The number of rotatable bonds is 6. The highest BCUT2D eigenvalue weighted by atomic mass is 16.1. The molecular formula is C15H24N2O. The van der Waals surface area contributed by atoms with Crippen LogP contribution in [-0.2, 0) is 11.2 Å². The van der Waals surface area contributed by atoms with Gasteiger partial charge in [-0.05, 0) is 24.8 Å². The summed E-state index contributed by atoms with van der Waals surface area (Å²) in [7, 11) is 0. The van der Waals surface area contributed by atoms with Crippen LogP contribution in [0.5, 0.6) is 0 Å². The van der Waals surface area contributed by atoms with Crippen LogP contribution in [0.25, 0.3) is 0 Å². The van der Waals surface area contributed by atoms with Gasteiger partial charge in [-0.2, -0.15) is 0 Å². The van der Waals surface area contributed by atoms with Crippen LogP contribution in [0, 0.1) is 12.8 Å². The molecule has 3 nitrogen and oxygen atoms in total. The Bertz CT molecular complexity index is 371. The minimum atomic E-state index is 0.0509. The predicted molar refractivity (Wildman–Crippen MR) is 75.3 cm³/mol. The zero-order valence-electron chi connectivity index (χ0n) is 11.6. The third-order valence-corrected chi connectivity index (χ3v) is 2.89. The molecule has 1 amide bonds. The average molecular weight is 248 g/mol. The maximum atomic E-state index is 11.9. The molecule has 0 aliphatic rings. The van der Waals surface area contributed by atoms with Gasteiger partial charge in [-0.1, -0.05) is 43.7 Å². The first-order valence-corrected chi connectivity index (χ1v) is 6.56. The standard InChI is InChI=1S/C15H24N2O/c1-11(2)8-14(10-16)17-15(18)9-13-6-4-12(3)5-7-13/h4-7,11,14H,8-10,16H2,1-3H3,(H,17,18). The number of carbonyl (C=O) groups excluding carboxylic acids is 1. The molecule has 0 saturated heterocycles. The van der Waals surface area contributed by atoms with Crippen molar-refractivity contribution in [3.63, 3.8) is 0 Å². The van der Waals surface area contributed by atoms with Crippen LogP contribution in [0.2, 0.25) is 0 Å². The number of hydrogen-bond acceptors (Lipinski definition) is 2. The van der Waals surface area contributed by atoms with Crippen molar-refractivity contribution in [1.82, 2.24) is 5.32 Å². The Hall–Kier alpha value is -1.35. The molecule has 1 atom stereocenters. The molecule has 1 rings (SSSR count). The number of aryl methyl sites for hydroxylation is 1. The van der Waals surface area contributed by atoms with E-state index in [2.05, 4.69) is 19.2 Å².